The van der Waals surface area contributed by atoms with Gasteiger partial charge in [0.05, 0.1) is 22.1 Å². The van der Waals surface area contributed by atoms with Crippen molar-refractivity contribution < 1.29 is 4.42 Å². The molecule has 45 heavy (non-hydrogen) atoms. The summed E-state index contributed by atoms with van der Waals surface area (Å²) in [5.41, 5.74) is 10.7. The van der Waals surface area contributed by atoms with E-state index in [4.69, 9.17) is 4.42 Å². The number of hydrogen-bond acceptors (Lipinski definition) is 1. The number of rotatable bonds is 4. The zero-order valence-corrected chi connectivity index (χ0v) is 26.2. The summed E-state index contributed by atoms with van der Waals surface area (Å²) in [4.78, 5) is 0. The largest absolute Gasteiger partial charge is 0.456 e. The summed E-state index contributed by atoms with van der Waals surface area (Å²) < 4.78 is 12.3. The maximum atomic E-state index is 6.54. The highest BCUT2D eigenvalue weighted by Gasteiger charge is 2.18. The molecular weight excluding hydrogens is 616 g/mol. The van der Waals surface area contributed by atoms with Gasteiger partial charge in [0, 0.05) is 54.2 Å². The van der Waals surface area contributed by atoms with Crippen LogP contribution in [0, 0.1) is 0 Å². The Balaban J connectivity index is 1.29. The van der Waals surface area contributed by atoms with E-state index in [1.165, 1.54) is 32.6 Å². The first-order valence-electron chi connectivity index (χ1n) is 15.1. The first kappa shape index (κ1) is 26.1. The minimum absolute atomic E-state index is 0.873. The van der Waals surface area contributed by atoms with Crippen molar-refractivity contribution in [3.8, 4) is 11.4 Å². The SMILES string of the molecule is C=C(/C=C\C)c1ccc(-n2c3ccc(Br)cc3c3cc4c(cc32)oc2ccc(-n3c5ccccc5c5ccccc53)cc24)cc1. The van der Waals surface area contributed by atoms with Crippen LogP contribution < -0.4 is 0 Å². The Labute approximate surface area is 268 Å². The normalized spacial score (nSPS) is 12.2. The molecule has 9 rings (SSSR count). The molecule has 0 aliphatic heterocycles. The molecule has 0 unspecified atom stereocenters. The van der Waals surface area contributed by atoms with Crippen molar-refractivity contribution in [2.75, 3.05) is 0 Å². The highest BCUT2D eigenvalue weighted by atomic mass is 79.9. The van der Waals surface area contributed by atoms with Crippen LogP contribution >= 0.6 is 15.9 Å². The average Bonchev–Trinajstić information content (AvgIpc) is 3.70. The van der Waals surface area contributed by atoms with Crippen molar-refractivity contribution in [3.05, 3.63) is 150 Å². The molecule has 0 N–H and O–H groups in total. The van der Waals surface area contributed by atoms with Gasteiger partial charge in [-0.05, 0) is 84.8 Å². The Bertz CT molecular complexity index is 2630. The van der Waals surface area contributed by atoms with Gasteiger partial charge in [-0.25, -0.2) is 0 Å². The van der Waals surface area contributed by atoms with Crippen LogP contribution in [0.25, 0.3) is 82.5 Å². The standard InChI is InChI=1S/C41H27BrN2O/c1-3-8-25(2)26-13-16-28(17-14-26)43-38-19-15-27(42)21-32(38)33-23-35-34-22-29(18-20-40(34)45-41(35)24-39(33)43)44-36-11-6-4-9-30(36)31-10-5-7-12-37(31)44/h3-24H,2H2,1H3/b8-3-. The topological polar surface area (TPSA) is 23.0 Å². The Hall–Kier alpha value is -5.32. The summed E-state index contributed by atoms with van der Waals surface area (Å²) in [7, 11) is 0. The molecule has 6 aromatic carbocycles. The molecule has 0 aliphatic carbocycles. The lowest BCUT2D eigenvalue weighted by molar-refractivity contribution is 0.669. The maximum absolute atomic E-state index is 6.54. The molecule has 9 aromatic rings. The molecule has 0 aliphatic rings. The van der Waals surface area contributed by atoms with Gasteiger partial charge < -0.3 is 13.6 Å². The van der Waals surface area contributed by atoms with Crippen molar-refractivity contribution in [3.63, 3.8) is 0 Å². The molecule has 0 radical (unpaired) electrons. The second-order valence-electron chi connectivity index (χ2n) is 11.6. The summed E-state index contributed by atoms with van der Waals surface area (Å²) >= 11 is 3.73. The quantitative estimate of drug-likeness (QED) is 0.175. The summed E-state index contributed by atoms with van der Waals surface area (Å²) in [6.45, 7) is 6.22. The van der Waals surface area contributed by atoms with Crippen molar-refractivity contribution in [1.29, 1.82) is 0 Å². The number of halogens is 1. The first-order valence-corrected chi connectivity index (χ1v) is 15.9. The Morgan fingerprint density at radius 2 is 1.20 bits per heavy atom. The Kier molecular flexibility index (Phi) is 5.71. The minimum atomic E-state index is 0.873. The van der Waals surface area contributed by atoms with Gasteiger partial charge in [-0.1, -0.05) is 83.2 Å². The van der Waals surface area contributed by atoms with Crippen LogP contribution in [0.1, 0.15) is 12.5 Å². The van der Waals surface area contributed by atoms with E-state index in [0.29, 0.717) is 0 Å². The van der Waals surface area contributed by atoms with Crippen molar-refractivity contribution in [2.24, 2.45) is 0 Å². The number of aromatic nitrogens is 2. The van der Waals surface area contributed by atoms with Gasteiger partial charge in [-0.2, -0.15) is 0 Å². The lowest BCUT2D eigenvalue weighted by Crippen LogP contribution is -1.94. The summed E-state index contributed by atoms with van der Waals surface area (Å²) in [5, 5.41) is 7.10. The van der Waals surface area contributed by atoms with Gasteiger partial charge in [-0.15, -0.1) is 0 Å². The fourth-order valence-corrected chi connectivity index (χ4v) is 7.35. The number of benzene rings is 6. The molecule has 4 heteroatoms. The third kappa shape index (κ3) is 3.89. The molecule has 214 valence electrons. The number of nitrogens with zero attached hydrogens (tertiary/aromatic N) is 2. The number of allylic oxidation sites excluding steroid dienone is 3. The van der Waals surface area contributed by atoms with Gasteiger partial charge in [0.1, 0.15) is 11.2 Å². The second-order valence-corrected chi connectivity index (χ2v) is 12.5. The Morgan fingerprint density at radius 1 is 0.578 bits per heavy atom. The molecule has 0 spiro atoms. The number of hydrogen-bond donors (Lipinski definition) is 0. The van der Waals surface area contributed by atoms with Crippen LogP contribution in [0.3, 0.4) is 0 Å². The fraction of sp³-hybridized carbons (Fsp3) is 0.0244. The molecule has 3 aromatic heterocycles. The lowest BCUT2D eigenvalue weighted by atomic mass is 10.1. The smallest absolute Gasteiger partial charge is 0.137 e. The average molecular weight is 644 g/mol. The van der Waals surface area contributed by atoms with Gasteiger partial charge in [-0.3, -0.25) is 0 Å². The fourth-order valence-electron chi connectivity index (χ4n) is 6.99. The van der Waals surface area contributed by atoms with E-state index in [1.54, 1.807) is 0 Å². The molecule has 0 atom stereocenters. The number of para-hydroxylation sites is 2. The van der Waals surface area contributed by atoms with E-state index in [-0.39, 0.29) is 0 Å². The van der Waals surface area contributed by atoms with Crippen molar-refractivity contribution in [2.45, 2.75) is 6.92 Å². The molecule has 0 saturated carbocycles. The highest BCUT2D eigenvalue weighted by Crippen LogP contribution is 2.40. The Morgan fingerprint density at radius 3 is 1.93 bits per heavy atom. The highest BCUT2D eigenvalue weighted by molar-refractivity contribution is 9.10. The summed E-state index contributed by atoms with van der Waals surface area (Å²) in [6, 6.07) is 43.5. The molecule has 3 nitrogen and oxygen atoms in total. The van der Waals surface area contributed by atoms with Crippen LogP contribution in [0.4, 0.5) is 0 Å². The van der Waals surface area contributed by atoms with Gasteiger partial charge in [0.2, 0.25) is 0 Å². The molecule has 3 heterocycles. The summed E-state index contributed by atoms with van der Waals surface area (Å²) in [6.07, 6.45) is 4.06. The van der Waals surface area contributed by atoms with Gasteiger partial charge >= 0.3 is 0 Å². The van der Waals surface area contributed by atoms with Crippen molar-refractivity contribution in [1.82, 2.24) is 9.13 Å². The molecule has 0 fully saturated rings. The van der Waals surface area contributed by atoms with Crippen LogP contribution in [0.5, 0.6) is 0 Å². The van der Waals surface area contributed by atoms with Gasteiger partial charge in [0.25, 0.3) is 0 Å². The predicted molar refractivity (Wildman–Crippen MR) is 194 cm³/mol. The van der Waals surface area contributed by atoms with Gasteiger partial charge in [0.15, 0.2) is 0 Å². The van der Waals surface area contributed by atoms with E-state index >= 15 is 0 Å². The van der Waals surface area contributed by atoms with Crippen LogP contribution in [-0.4, -0.2) is 9.13 Å². The third-order valence-corrected chi connectivity index (χ3v) is 9.50. The first-order chi connectivity index (χ1) is 22.1. The zero-order chi connectivity index (χ0) is 30.2. The lowest BCUT2D eigenvalue weighted by Gasteiger charge is -2.09. The predicted octanol–water partition coefficient (Wildman–Crippen LogP) is 12.1. The zero-order valence-electron chi connectivity index (χ0n) is 24.6. The summed E-state index contributed by atoms with van der Waals surface area (Å²) in [5.74, 6) is 0. The number of furan rings is 1. The second kappa shape index (κ2) is 9.85. The minimum Gasteiger partial charge on any atom is -0.456 e. The monoisotopic (exact) mass is 642 g/mol. The van der Waals surface area contributed by atoms with Crippen LogP contribution in [0.2, 0.25) is 0 Å². The molecule has 0 bridgehead atoms. The number of fused-ring (bicyclic) bond motifs is 9. The van der Waals surface area contributed by atoms with E-state index in [2.05, 4.69) is 153 Å². The van der Waals surface area contributed by atoms with Crippen molar-refractivity contribution >= 4 is 87.1 Å². The van der Waals surface area contributed by atoms with Crippen LogP contribution in [0.15, 0.2) is 149 Å². The van der Waals surface area contributed by atoms with E-state index in [1.807, 2.05) is 19.1 Å². The molecule has 0 saturated heterocycles. The maximum Gasteiger partial charge on any atom is 0.137 e. The molecule has 0 amide bonds. The third-order valence-electron chi connectivity index (χ3n) is 9.00. The van der Waals surface area contributed by atoms with E-state index in [0.717, 1.165) is 60.0 Å². The van der Waals surface area contributed by atoms with Crippen LogP contribution in [-0.2, 0) is 0 Å². The van der Waals surface area contributed by atoms with E-state index in [9.17, 15) is 0 Å². The van der Waals surface area contributed by atoms with E-state index < -0.39 is 0 Å². The molecular formula is C41H27BrN2O.